The number of benzene rings is 3. The Morgan fingerprint density at radius 1 is 0.902 bits per heavy atom. The van der Waals surface area contributed by atoms with E-state index in [0.717, 1.165) is 16.8 Å². The average Bonchev–Trinajstić information content (AvgIpc) is 3.40. The molecular formula is C32H29N5O3S. The Balaban J connectivity index is 1.58. The largest absolute Gasteiger partial charge is 0.336 e. The fourth-order valence-electron chi connectivity index (χ4n) is 4.99. The second-order valence-electron chi connectivity index (χ2n) is 9.82. The lowest BCUT2D eigenvalue weighted by Gasteiger charge is -2.39. The van der Waals surface area contributed by atoms with E-state index in [1.165, 1.54) is 13.8 Å². The zero-order valence-electron chi connectivity index (χ0n) is 22.9. The highest BCUT2D eigenvalue weighted by atomic mass is 32.1. The zero-order valence-corrected chi connectivity index (χ0v) is 23.7. The number of rotatable bonds is 8. The highest BCUT2D eigenvalue weighted by molar-refractivity contribution is 7.80. The Hall–Kier alpha value is -4.89. The molecule has 0 radical (unpaired) electrons. The van der Waals surface area contributed by atoms with E-state index in [1.807, 2.05) is 73.8 Å². The minimum absolute atomic E-state index is 0.0559. The van der Waals surface area contributed by atoms with E-state index in [1.54, 1.807) is 33.8 Å². The van der Waals surface area contributed by atoms with E-state index < -0.39 is 6.04 Å². The molecule has 9 heteroatoms. The molecule has 5 rings (SSSR count). The molecule has 0 fully saturated rings. The number of allylic oxidation sites excluding steroid dienone is 1. The van der Waals surface area contributed by atoms with E-state index in [2.05, 4.69) is 10.6 Å². The molecule has 3 aromatic carbocycles. The summed E-state index contributed by atoms with van der Waals surface area (Å²) in [6, 6.07) is 25.5. The van der Waals surface area contributed by atoms with Gasteiger partial charge in [0, 0.05) is 39.8 Å². The Morgan fingerprint density at radius 3 is 2.15 bits per heavy atom. The lowest BCUT2D eigenvalue weighted by atomic mass is 9.90. The SMILES string of the molecule is CC(=O)C1=C(C)NC(=S)N(CC(=O)Nc2ccc(C(C)=O)cc2)C1c1cn(-c2ccccc2)nc1-c1ccccc1. The van der Waals surface area contributed by atoms with Crippen molar-refractivity contribution in [1.82, 2.24) is 20.0 Å². The summed E-state index contributed by atoms with van der Waals surface area (Å²) in [5, 5.41) is 11.3. The van der Waals surface area contributed by atoms with Gasteiger partial charge in [-0.15, -0.1) is 0 Å². The normalized spacial score (nSPS) is 15.0. The Morgan fingerprint density at radius 2 is 1.54 bits per heavy atom. The van der Waals surface area contributed by atoms with Crippen LogP contribution in [0.5, 0.6) is 0 Å². The maximum Gasteiger partial charge on any atom is 0.244 e. The number of carbonyl (C=O) groups is 3. The number of ketones is 2. The number of amides is 1. The Bertz CT molecular complexity index is 1660. The smallest absolute Gasteiger partial charge is 0.244 e. The van der Waals surface area contributed by atoms with Gasteiger partial charge in [0.25, 0.3) is 0 Å². The van der Waals surface area contributed by atoms with Gasteiger partial charge in [-0.25, -0.2) is 4.68 Å². The third-order valence-corrected chi connectivity index (χ3v) is 7.25. The first-order valence-corrected chi connectivity index (χ1v) is 13.5. The van der Waals surface area contributed by atoms with E-state index >= 15 is 0 Å². The molecule has 0 bridgehead atoms. The summed E-state index contributed by atoms with van der Waals surface area (Å²) in [4.78, 5) is 39.8. The third-order valence-electron chi connectivity index (χ3n) is 6.92. The minimum atomic E-state index is -0.667. The van der Waals surface area contributed by atoms with Crippen LogP contribution in [0.3, 0.4) is 0 Å². The molecule has 1 unspecified atom stereocenters. The lowest BCUT2D eigenvalue weighted by molar-refractivity contribution is -0.118. The molecule has 1 amide bonds. The molecular weight excluding hydrogens is 534 g/mol. The second kappa shape index (κ2) is 11.7. The van der Waals surface area contributed by atoms with Gasteiger partial charge < -0.3 is 15.5 Å². The van der Waals surface area contributed by atoms with Crippen LogP contribution in [0.15, 0.2) is 102 Å². The molecule has 4 aromatic rings. The van der Waals surface area contributed by atoms with Gasteiger partial charge in [-0.3, -0.25) is 14.4 Å². The maximum absolute atomic E-state index is 13.3. The maximum atomic E-state index is 13.3. The van der Waals surface area contributed by atoms with Crippen LogP contribution in [-0.2, 0) is 9.59 Å². The Labute approximate surface area is 243 Å². The van der Waals surface area contributed by atoms with Crippen molar-refractivity contribution in [1.29, 1.82) is 0 Å². The van der Waals surface area contributed by atoms with Crippen LogP contribution >= 0.6 is 12.2 Å². The van der Waals surface area contributed by atoms with Gasteiger partial charge in [-0.2, -0.15) is 5.10 Å². The number of anilines is 1. The quantitative estimate of drug-likeness (QED) is 0.217. The van der Waals surface area contributed by atoms with Crippen molar-refractivity contribution in [3.05, 3.63) is 114 Å². The number of nitrogens with one attached hydrogen (secondary N) is 2. The first kappa shape index (κ1) is 27.7. The van der Waals surface area contributed by atoms with Crippen LogP contribution in [-0.4, -0.2) is 43.8 Å². The van der Waals surface area contributed by atoms with Crippen LogP contribution in [0.1, 0.15) is 42.7 Å². The predicted molar refractivity (Wildman–Crippen MR) is 163 cm³/mol. The van der Waals surface area contributed by atoms with E-state index in [9.17, 15) is 14.4 Å². The highest BCUT2D eigenvalue weighted by Gasteiger charge is 2.38. The minimum Gasteiger partial charge on any atom is -0.336 e. The Kier molecular flexibility index (Phi) is 7.89. The third kappa shape index (κ3) is 5.85. The molecule has 0 spiro atoms. The molecule has 1 aliphatic heterocycles. The summed E-state index contributed by atoms with van der Waals surface area (Å²) >= 11 is 5.73. The molecule has 1 aliphatic rings. The van der Waals surface area contributed by atoms with Gasteiger partial charge in [-0.1, -0.05) is 48.5 Å². The molecule has 0 aliphatic carbocycles. The predicted octanol–water partition coefficient (Wildman–Crippen LogP) is 5.47. The molecule has 206 valence electrons. The van der Waals surface area contributed by atoms with Gasteiger partial charge in [0.05, 0.1) is 17.4 Å². The van der Waals surface area contributed by atoms with Crippen LogP contribution in [0.25, 0.3) is 16.9 Å². The number of Topliss-reactive ketones (excluding diaryl/α,β-unsaturated/α-hetero) is 2. The molecule has 41 heavy (non-hydrogen) atoms. The van der Waals surface area contributed by atoms with Crippen LogP contribution in [0.2, 0.25) is 0 Å². The van der Waals surface area contributed by atoms with Crippen LogP contribution < -0.4 is 10.6 Å². The molecule has 1 atom stereocenters. The standard InChI is InChI=1S/C32H29N5O3S/c1-20-29(22(3)39)31(36(32(41)33-20)19-28(40)34-25-16-14-23(15-17-25)21(2)38)27-18-37(26-12-8-5-9-13-26)35-30(27)24-10-6-4-7-11-24/h4-18,31H,19H2,1-3H3,(H,33,41)(H,34,40). The summed E-state index contributed by atoms with van der Waals surface area (Å²) in [5.74, 6) is -0.521. The van der Waals surface area contributed by atoms with Crippen LogP contribution in [0.4, 0.5) is 5.69 Å². The van der Waals surface area contributed by atoms with Crippen molar-refractivity contribution in [2.24, 2.45) is 0 Å². The van der Waals surface area contributed by atoms with Gasteiger partial charge >= 0.3 is 0 Å². The van der Waals surface area contributed by atoms with E-state index in [-0.39, 0.29) is 24.0 Å². The van der Waals surface area contributed by atoms with Gasteiger partial charge in [0.2, 0.25) is 5.91 Å². The first-order chi connectivity index (χ1) is 19.7. The molecule has 1 aromatic heterocycles. The van der Waals surface area contributed by atoms with Crippen molar-refractivity contribution < 1.29 is 14.4 Å². The topological polar surface area (TPSA) is 96.3 Å². The molecule has 2 heterocycles. The molecule has 8 nitrogen and oxygen atoms in total. The number of thiocarbonyl (C=S) groups is 1. The lowest BCUT2D eigenvalue weighted by Crippen LogP contribution is -2.50. The summed E-state index contributed by atoms with van der Waals surface area (Å²) in [6.07, 6.45) is 1.90. The van der Waals surface area contributed by atoms with Crippen molar-refractivity contribution in [3.8, 4) is 16.9 Å². The number of para-hydroxylation sites is 1. The monoisotopic (exact) mass is 563 g/mol. The van der Waals surface area contributed by atoms with Gasteiger partial charge in [0.1, 0.15) is 6.54 Å². The molecule has 0 saturated carbocycles. The molecule has 0 saturated heterocycles. The molecule has 2 N–H and O–H groups in total. The number of hydrogen-bond donors (Lipinski definition) is 2. The van der Waals surface area contributed by atoms with Crippen molar-refractivity contribution in [2.45, 2.75) is 26.8 Å². The summed E-state index contributed by atoms with van der Waals surface area (Å²) < 4.78 is 1.78. The van der Waals surface area contributed by atoms with Crippen LogP contribution in [0, 0.1) is 0 Å². The second-order valence-corrected chi connectivity index (χ2v) is 10.2. The number of carbonyl (C=O) groups excluding carboxylic acids is 3. The fourth-order valence-corrected chi connectivity index (χ4v) is 5.31. The number of nitrogens with zero attached hydrogens (tertiary/aromatic N) is 3. The summed E-state index contributed by atoms with van der Waals surface area (Å²) in [7, 11) is 0. The summed E-state index contributed by atoms with van der Waals surface area (Å²) in [6.45, 7) is 4.69. The first-order valence-electron chi connectivity index (χ1n) is 13.1. The van der Waals surface area contributed by atoms with Crippen molar-refractivity contribution in [3.63, 3.8) is 0 Å². The average molecular weight is 564 g/mol. The van der Waals surface area contributed by atoms with Gasteiger partial charge in [-0.05, 0) is 69.4 Å². The number of aromatic nitrogens is 2. The van der Waals surface area contributed by atoms with E-state index in [4.69, 9.17) is 17.3 Å². The van der Waals surface area contributed by atoms with Crippen molar-refractivity contribution >= 4 is 40.5 Å². The number of hydrogen-bond acceptors (Lipinski definition) is 5. The zero-order chi connectivity index (χ0) is 29.1. The highest BCUT2D eigenvalue weighted by Crippen LogP contribution is 2.39. The van der Waals surface area contributed by atoms with Gasteiger partial charge in [0.15, 0.2) is 16.7 Å². The fraction of sp³-hybridized carbons (Fsp3) is 0.156. The van der Waals surface area contributed by atoms with E-state index in [0.29, 0.717) is 33.3 Å². The van der Waals surface area contributed by atoms with Crippen molar-refractivity contribution in [2.75, 3.05) is 11.9 Å². The summed E-state index contributed by atoms with van der Waals surface area (Å²) in [5.41, 5.74) is 5.39.